The van der Waals surface area contributed by atoms with Crippen LogP contribution >= 0.6 is 11.6 Å². The number of fused-ring (bicyclic) bond motifs is 5. The average Bonchev–Trinajstić information content (AvgIpc) is 2.78. The van der Waals surface area contributed by atoms with Gasteiger partial charge in [-0.2, -0.15) is 0 Å². The third-order valence-corrected chi connectivity index (χ3v) is 5.43. The molecular formula is C14H18ClNO. The van der Waals surface area contributed by atoms with E-state index in [9.17, 15) is 0 Å². The standard InChI is InChI=1S/C14H18ClNO/c15-5-1-2-11-16-7-10(17-11)14-12-8-3-4-9(6-8)13(12)14/h7-9,12-14H,1-6H2. The first-order valence-electron chi connectivity index (χ1n) is 6.89. The number of hydrogen-bond donors (Lipinski definition) is 0. The normalized spacial score (nSPS) is 41.8. The van der Waals surface area contributed by atoms with Crippen LogP contribution < -0.4 is 0 Å². The van der Waals surface area contributed by atoms with Crippen LogP contribution in [0.4, 0.5) is 0 Å². The third-order valence-electron chi connectivity index (χ3n) is 5.16. The first-order chi connectivity index (χ1) is 8.38. The van der Waals surface area contributed by atoms with Gasteiger partial charge in [0.15, 0.2) is 5.89 Å². The van der Waals surface area contributed by atoms with Crippen molar-refractivity contribution in [2.45, 2.75) is 38.0 Å². The van der Waals surface area contributed by atoms with E-state index in [1.807, 2.05) is 6.20 Å². The van der Waals surface area contributed by atoms with Gasteiger partial charge in [0.25, 0.3) is 0 Å². The quantitative estimate of drug-likeness (QED) is 0.764. The molecule has 1 aromatic rings. The zero-order chi connectivity index (χ0) is 11.4. The molecule has 4 unspecified atom stereocenters. The summed E-state index contributed by atoms with van der Waals surface area (Å²) in [6.07, 6.45) is 8.26. The van der Waals surface area contributed by atoms with Crippen LogP contribution in [0.2, 0.25) is 0 Å². The Morgan fingerprint density at radius 1 is 1.29 bits per heavy atom. The first-order valence-corrected chi connectivity index (χ1v) is 7.42. The Balaban J connectivity index is 1.48. The van der Waals surface area contributed by atoms with Crippen molar-refractivity contribution in [2.75, 3.05) is 5.88 Å². The van der Waals surface area contributed by atoms with E-state index in [-0.39, 0.29) is 0 Å². The minimum atomic E-state index is 0.691. The van der Waals surface area contributed by atoms with Crippen molar-refractivity contribution in [3.63, 3.8) is 0 Å². The Bertz CT molecular complexity index is 414. The van der Waals surface area contributed by atoms with Gasteiger partial charge in [-0.15, -0.1) is 11.6 Å². The highest BCUT2D eigenvalue weighted by atomic mass is 35.5. The van der Waals surface area contributed by atoms with Gasteiger partial charge in [-0.3, -0.25) is 0 Å². The molecule has 0 amide bonds. The van der Waals surface area contributed by atoms with Crippen LogP contribution in [0.3, 0.4) is 0 Å². The van der Waals surface area contributed by atoms with Crippen LogP contribution in [0.5, 0.6) is 0 Å². The number of aryl methyl sites for hydroxylation is 1. The molecule has 17 heavy (non-hydrogen) atoms. The Kier molecular flexibility index (Phi) is 2.30. The van der Waals surface area contributed by atoms with Crippen molar-refractivity contribution >= 4 is 11.6 Å². The second-order valence-corrected chi connectivity index (χ2v) is 6.34. The SMILES string of the molecule is ClCCCc1ncc(C2C3C4CCC(C4)C23)o1. The molecule has 2 nitrogen and oxygen atoms in total. The number of aromatic nitrogens is 1. The number of hydrogen-bond acceptors (Lipinski definition) is 2. The molecule has 1 heterocycles. The Labute approximate surface area is 107 Å². The highest BCUT2D eigenvalue weighted by molar-refractivity contribution is 6.17. The molecule has 0 saturated heterocycles. The molecule has 3 saturated carbocycles. The van der Waals surface area contributed by atoms with E-state index >= 15 is 0 Å². The van der Waals surface area contributed by atoms with Crippen molar-refractivity contribution in [3.05, 3.63) is 17.8 Å². The van der Waals surface area contributed by atoms with Gasteiger partial charge in [-0.05, 0) is 49.4 Å². The summed E-state index contributed by atoms with van der Waals surface area (Å²) in [5.41, 5.74) is 0. The fourth-order valence-corrected chi connectivity index (χ4v) is 4.65. The lowest BCUT2D eigenvalue weighted by molar-refractivity contribution is 0.415. The van der Waals surface area contributed by atoms with Crippen LogP contribution in [0.1, 0.15) is 43.3 Å². The summed E-state index contributed by atoms with van der Waals surface area (Å²) in [7, 11) is 0. The molecule has 92 valence electrons. The summed E-state index contributed by atoms with van der Waals surface area (Å²) in [6, 6.07) is 0. The Morgan fingerprint density at radius 3 is 2.76 bits per heavy atom. The summed E-state index contributed by atoms with van der Waals surface area (Å²) in [5.74, 6) is 7.37. The predicted octanol–water partition coefficient (Wildman–Crippen LogP) is 3.61. The van der Waals surface area contributed by atoms with Crippen molar-refractivity contribution in [2.24, 2.45) is 23.7 Å². The lowest BCUT2D eigenvalue weighted by Gasteiger charge is -2.05. The summed E-state index contributed by atoms with van der Waals surface area (Å²) < 4.78 is 5.90. The van der Waals surface area contributed by atoms with Gasteiger partial charge in [-0.1, -0.05) is 0 Å². The molecule has 0 spiro atoms. The maximum atomic E-state index is 5.90. The lowest BCUT2D eigenvalue weighted by Crippen LogP contribution is -1.96. The van der Waals surface area contributed by atoms with Crippen molar-refractivity contribution in [3.8, 4) is 0 Å². The molecule has 0 aromatic carbocycles. The van der Waals surface area contributed by atoms with Gasteiger partial charge >= 0.3 is 0 Å². The molecule has 4 rings (SSSR count). The van der Waals surface area contributed by atoms with Crippen LogP contribution in [-0.2, 0) is 6.42 Å². The maximum absolute atomic E-state index is 5.90. The second-order valence-electron chi connectivity index (χ2n) is 5.96. The Morgan fingerprint density at radius 2 is 2.06 bits per heavy atom. The van der Waals surface area contributed by atoms with Gasteiger partial charge in [-0.25, -0.2) is 4.98 Å². The van der Waals surface area contributed by atoms with Gasteiger partial charge in [0.2, 0.25) is 0 Å². The molecule has 3 aliphatic rings. The van der Waals surface area contributed by atoms with E-state index in [2.05, 4.69) is 4.98 Å². The van der Waals surface area contributed by atoms with E-state index in [0.717, 1.165) is 48.3 Å². The van der Waals surface area contributed by atoms with E-state index in [1.54, 1.807) is 0 Å². The smallest absolute Gasteiger partial charge is 0.194 e. The number of nitrogens with zero attached hydrogens (tertiary/aromatic N) is 1. The van der Waals surface area contributed by atoms with Gasteiger partial charge in [0, 0.05) is 18.2 Å². The van der Waals surface area contributed by atoms with Crippen LogP contribution in [0.25, 0.3) is 0 Å². The van der Waals surface area contributed by atoms with Gasteiger partial charge in [0.1, 0.15) is 5.76 Å². The molecular weight excluding hydrogens is 234 g/mol. The molecule has 1 aromatic heterocycles. The number of alkyl halides is 1. The maximum Gasteiger partial charge on any atom is 0.194 e. The van der Waals surface area contributed by atoms with Crippen molar-refractivity contribution < 1.29 is 4.42 Å². The average molecular weight is 252 g/mol. The highest BCUT2D eigenvalue weighted by Gasteiger charge is 2.66. The van der Waals surface area contributed by atoms with Crippen LogP contribution in [0, 0.1) is 23.7 Å². The van der Waals surface area contributed by atoms with E-state index < -0.39 is 0 Å². The van der Waals surface area contributed by atoms with E-state index in [1.165, 1.54) is 25.0 Å². The number of oxazole rings is 1. The summed E-state index contributed by atoms with van der Waals surface area (Å²) >= 11 is 5.69. The zero-order valence-electron chi connectivity index (χ0n) is 9.94. The largest absolute Gasteiger partial charge is 0.445 e. The van der Waals surface area contributed by atoms with Crippen molar-refractivity contribution in [1.29, 1.82) is 0 Å². The molecule has 4 atom stereocenters. The number of halogens is 1. The molecule has 2 bridgehead atoms. The molecule has 0 aliphatic heterocycles. The summed E-state index contributed by atoms with van der Waals surface area (Å²) in [4.78, 5) is 4.39. The lowest BCUT2D eigenvalue weighted by atomic mass is 10.0. The third kappa shape index (κ3) is 1.49. The fourth-order valence-electron chi connectivity index (χ4n) is 4.52. The summed E-state index contributed by atoms with van der Waals surface area (Å²) in [5, 5.41) is 0. The second kappa shape index (κ2) is 3.74. The first kappa shape index (κ1) is 10.4. The van der Waals surface area contributed by atoms with Crippen LogP contribution in [0.15, 0.2) is 10.6 Å². The molecule has 0 radical (unpaired) electrons. The predicted molar refractivity (Wildman–Crippen MR) is 66.1 cm³/mol. The van der Waals surface area contributed by atoms with Gasteiger partial charge in [0.05, 0.1) is 6.20 Å². The fraction of sp³-hybridized carbons (Fsp3) is 0.786. The highest BCUT2D eigenvalue weighted by Crippen LogP contribution is 2.73. The van der Waals surface area contributed by atoms with Gasteiger partial charge < -0.3 is 4.42 Å². The molecule has 3 heteroatoms. The van der Waals surface area contributed by atoms with Crippen LogP contribution in [-0.4, -0.2) is 10.9 Å². The monoisotopic (exact) mass is 251 g/mol. The van der Waals surface area contributed by atoms with E-state index in [0.29, 0.717) is 5.88 Å². The number of rotatable bonds is 4. The molecule has 3 fully saturated rings. The minimum absolute atomic E-state index is 0.691. The molecule has 0 N–H and O–H groups in total. The van der Waals surface area contributed by atoms with E-state index in [4.69, 9.17) is 16.0 Å². The minimum Gasteiger partial charge on any atom is -0.445 e. The summed E-state index contributed by atoms with van der Waals surface area (Å²) in [6.45, 7) is 0. The molecule has 3 aliphatic carbocycles. The topological polar surface area (TPSA) is 26.0 Å². The van der Waals surface area contributed by atoms with Crippen molar-refractivity contribution in [1.82, 2.24) is 4.98 Å². The Hall–Kier alpha value is -0.500. The zero-order valence-corrected chi connectivity index (χ0v) is 10.7.